The van der Waals surface area contributed by atoms with Crippen molar-refractivity contribution in [3.8, 4) is 0 Å². The minimum atomic E-state index is -0.537. The maximum atomic E-state index is 13.2. The second kappa shape index (κ2) is 6.87. The SMILES string of the molecule is CC(CC(O)Cc1cc(F)ccc1Cl)c1ccccc1. The molecule has 0 fully saturated rings. The highest BCUT2D eigenvalue weighted by molar-refractivity contribution is 6.31. The lowest BCUT2D eigenvalue weighted by molar-refractivity contribution is 0.157. The van der Waals surface area contributed by atoms with Crippen LogP contribution in [0.15, 0.2) is 48.5 Å². The first-order chi connectivity index (χ1) is 9.56. The van der Waals surface area contributed by atoms with E-state index in [1.807, 2.05) is 30.3 Å². The van der Waals surface area contributed by atoms with Crippen molar-refractivity contribution in [1.82, 2.24) is 0 Å². The molecule has 0 aliphatic rings. The van der Waals surface area contributed by atoms with Crippen LogP contribution in [0, 0.1) is 5.82 Å². The van der Waals surface area contributed by atoms with Gasteiger partial charge in [0.25, 0.3) is 0 Å². The molecule has 0 heterocycles. The van der Waals surface area contributed by atoms with E-state index < -0.39 is 6.10 Å². The van der Waals surface area contributed by atoms with Crippen molar-refractivity contribution in [2.24, 2.45) is 0 Å². The molecule has 3 heteroatoms. The van der Waals surface area contributed by atoms with Gasteiger partial charge in [-0.1, -0.05) is 48.9 Å². The Hall–Kier alpha value is -1.38. The van der Waals surface area contributed by atoms with Gasteiger partial charge in [0.05, 0.1) is 6.10 Å². The summed E-state index contributed by atoms with van der Waals surface area (Å²) < 4.78 is 13.2. The molecule has 0 aliphatic heterocycles. The van der Waals surface area contributed by atoms with Crippen molar-refractivity contribution >= 4 is 11.6 Å². The number of rotatable bonds is 5. The van der Waals surface area contributed by atoms with Gasteiger partial charge in [-0.3, -0.25) is 0 Å². The minimum absolute atomic E-state index is 0.249. The lowest BCUT2D eigenvalue weighted by atomic mass is 9.92. The lowest BCUT2D eigenvalue weighted by Crippen LogP contribution is -2.14. The molecule has 20 heavy (non-hydrogen) atoms. The van der Waals surface area contributed by atoms with Gasteiger partial charge in [0, 0.05) is 5.02 Å². The van der Waals surface area contributed by atoms with Gasteiger partial charge in [-0.15, -0.1) is 0 Å². The summed E-state index contributed by atoms with van der Waals surface area (Å²) in [5.74, 6) is -0.0776. The number of benzene rings is 2. The van der Waals surface area contributed by atoms with Gasteiger partial charge in [0.1, 0.15) is 5.82 Å². The number of hydrogen-bond donors (Lipinski definition) is 1. The van der Waals surface area contributed by atoms with Crippen molar-refractivity contribution in [1.29, 1.82) is 0 Å². The first-order valence-corrected chi connectivity index (χ1v) is 7.11. The van der Waals surface area contributed by atoms with Crippen LogP contribution in [0.25, 0.3) is 0 Å². The zero-order valence-electron chi connectivity index (χ0n) is 11.4. The summed E-state index contributed by atoms with van der Waals surface area (Å²) in [5, 5.41) is 10.7. The first kappa shape index (κ1) is 15.0. The van der Waals surface area contributed by atoms with Crippen LogP contribution in [0.4, 0.5) is 4.39 Å². The molecule has 0 amide bonds. The molecule has 0 saturated heterocycles. The normalized spacial score (nSPS) is 14.0. The van der Waals surface area contributed by atoms with E-state index in [1.54, 1.807) is 0 Å². The summed E-state index contributed by atoms with van der Waals surface area (Å²) in [6, 6.07) is 14.3. The Labute approximate surface area is 124 Å². The molecule has 0 bridgehead atoms. The van der Waals surface area contributed by atoms with Crippen molar-refractivity contribution in [2.75, 3.05) is 0 Å². The third-order valence-electron chi connectivity index (χ3n) is 3.46. The Bertz CT molecular complexity index is 556. The van der Waals surface area contributed by atoms with Gasteiger partial charge in [-0.25, -0.2) is 4.39 Å². The van der Waals surface area contributed by atoms with E-state index in [1.165, 1.54) is 23.8 Å². The Kier molecular flexibility index (Phi) is 5.16. The lowest BCUT2D eigenvalue weighted by Gasteiger charge is -2.17. The van der Waals surface area contributed by atoms with Crippen LogP contribution in [0.3, 0.4) is 0 Å². The summed E-state index contributed by atoms with van der Waals surface area (Å²) >= 11 is 6.02. The molecule has 106 valence electrons. The molecule has 2 atom stereocenters. The van der Waals surface area contributed by atoms with Crippen LogP contribution in [-0.4, -0.2) is 11.2 Å². The van der Waals surface area contributed by atoms with Gasteiger partial charge in [-0.2, -0.15) is 0 Å². The van der Waals surface area contributed by atoms with Gasteiger partial charge < -0.3 is 5.11 Å². The van der Waals surface area contributed by atoms with Gasteiger partial charge in [0.2, 0.25) is 0 Å². The van der Waals surface area contributed by atoms with E-state index in [2.05, 4.69) is 6.92 Å². The van der Waals surface area contributed by atoms with Crippen LogP contribution < -0.4 is 0 Å². The van der Waals surface area contributed by atoms with E-state index in [0.717, 1.165) is 0 Å². The van der Waals surface area contributed by atoms with E-state index in [4.69, 9.17) is 11.6 Å². The van der Waals surface area contributed by atoms with E-state index >= 15 is 0 Å². The van der Waals surface area contributed by atoms with Crippen molar-refractivity contribution in [3.63, 3.8) is 0 Å². The zero-order chi connectivity index (χ0) is 14.5. The molecule has 2 rings (SSSR count). The fourth-order valence-corrected chi connectivity index (χ4v) is 2.56. The van der Waals surface area contributed by atoms with Crippen molar-refractivity contribution in [2.45, 2.75) is 31.8 Å². The molecule has 0 radical (unpaired) electrons. The Morgan fingerprint density at radius 1 is 1.15 bits per heavy atom. The largest absolute Gasteiger partial charge is 0.393 e. The topological polar surface area (TPSA) is 20.2 Å². The smallest absolute Gasteiger partial charge is 0.123 e. The van der Waals surface area contributed by atoms with Crippen LogP contribution >= 0.6 is 11.6 Å². The summed E-state index contributed by atoms with van der Waals surface area (Å²) in [6.07, 6.45) is 0.453. The molecule has 0 aromatic heterocycles. The van der Waals surface area contributed by atoms with Crippen LogP contribution in [0.2, 0.25) is 5.02 Å². The first-order valence-electron chi connectivity index (χ1n) is 6.73. The average molecular weight is 293 g/mol. The molecule has 0 spiro atoms. The maximum absolute atomic E-state index is 13.2. The third kappa shape index (κ3) is 4.06. The highest BCUT2D eigenvalue weighted by Crippen LogP contribution is 2.24. The van der Waals surface area contributed by atoms with Crippen LogP contribution in [-0.2, 0) is 6.42 Å². The summed E-state index contributed by atoms with van der Waals surface area (Å²) in [5.41, 5.74) is 1.84. The van der Waals surface area contributed by atoms with Crippen molar-refractivity contribution in [3.05, 3.63) is 70.5 Å². The average Bonchev–Trinajstić information content (AvgIpc) is 2.43. The summed E-state index contributed by atoms with van der Waals surface area (Å²) in [4.78, 5) is 0. The Morgan fingerprint density at radius 3 is 2.55 bits per heavy atom. The summed E-state index contributed by atoms with van der Waals surface area (Å²) in [6.45, 7) is 2.08. The van der Waals surface area contributed by atoms with E-state index in [0.29, 0.717) is 23.4 Å². The number of hydrogen-bond acceptors (Lipinski definition) is 1. The maximum Gasteiger partial charge on any atom is 0.123 e. The van der Waals surface area contributed by atoms with Gasteiger partial charge in [-0.05, 0) is 48.1 Å². The minimum Gasteiger partial charge on any atom is -0.393 e. The fraction of sp³-hybridized carbons (Fsp3) is 0.294. The third-order valence-corrected chi connectivity index (χ3v) is 3.83. The van der Waals surface area contributed by atoms with E-state index in [-0.39, 0.29) is 11.7 Å². The second-order valence-corrected chi connectivity index (χ2v) is 5.55. The fourth-order valence-electron chi connectivity index (χ4n) is 2.36. The second-order valence-electron chi connectivity index (χ2n) is 5.14. The quantitative estimate of drug-likeness (QED) is 0.855. The van der Waals surface area contributed by atoms with E-state index in [9.17, 15) is 9.50 Å². The number of aliphatic hydroxyl groups excluding tert-OH is 1. The predicted octanol–water partition coefficient (Wildman–Crippen LogP) is 4.58. The predicted molar refractivity (Wildman–Crippen MR) is 80.6 cm³/mol. The molecule has 2 unspecified atom stereocenters. The zero-order valence-corrected chi connectivity index (χ0v) is 12.1. The standard InChI is InChI=1S/C17H18ClFO/c1-12(13-5-3-2-4-6-13)9-16(20)11-14-10-15(19)7-8-17(14)18/h2-8,10,12,16,20H,9,11H2,1H3. The molecule has 0 aliphatic carbocycles. The molecular weight excluding hydrogens is 275 g/mol. The molecule has 0 saturated carbocycles. The Balaban J connectivity index is 1.99. The monoisotopic (exact) mass is 292 g/mol. The molecular formula is C17H18ClFO. The van der Waals surface area contributed by atoms with Gasteiger partial charge >= 0.3 is 0 Å². The number of aliphatic hydroxyl groups is 1. The van der Waals surface area contributed by atoms with Crippen LogP contribution in [0.1, 0.15) is 30.4 Å². The highest BCUT2D eigenvalue weighted by Gasteiger charge is 2.14. The summed E-state index contributed by atoms with van der Waals surface area (Å²) in [7, 11) is 0. The Morgan fingerprint density at radius 2 is 1.85 bits per heavy atom. The molecule has 1 nitrogen and oxygen atoms in total. The van der Waals surface area contributed by atoms with Gasteiger partial charge in [0.15, 0.2) is 0 Å². The molecule has 2 aromatic rings. The number of halogens is 2. The molecule has 1 N–H and O–H groups in total. The molecule has 2 aromatic carbocycles. The highest BCUT2D eigenvalue weighted by atomic mass is 35.5. The van der Waals surface area contributed by atoms with Crippen LogP contribution in [0.5, 0.6) is 0 Å². The van der Waals surface area contributed by atoms with Crippen molar-refractivity contribution < 1.29 is 9.50 Å².